The van der Waals surface area contributed by atoms with Gasteiger partial charge in [0.2, 0.25) is 11.8 Å². The summed E-state index contributed by atoms with van der Waals surface area (Å²) in [5.74, 6) is 0.805. The van der Waals surface area contributed by atoms with Crippen molar-refractivity contribution in [2.24, 2.45) is 0 Å². The number of nitrogens with one attached hydrogen (secondary N) is 1. The Morgan fingerprint density at radius 3 is 2.33 bits per heavy atom. The summed E-state index contributed by atoms with van der Waals surface area (Å²) in [6.07, 6.45) is 1.39. The molecule has 162 valence electrons. The first-order chi connectivity index (χ1) is 14.5. The molecule has 0 aliphatic carbocycles. The van der Waals surface area contributed by atoms with Gasteiger partial charge in [0.15, 0.2) is 0 Å². The van der Waals surface area contributed by atoms with E-state index in [9.17, 15) is 9.59 Å². The van der Waals surface area contributed by atoms with Crippen LogP contribution in [0.5, 0.6) is 5.75 Å². The Balaban J connectivity index is 2.17. The van der Waals surface area contributed by atoms with E-state index in [4.69, 9.17) is 16.3 Å². The van der Waals surface area contributed by atoms with Crippen molar-refractivity contribution in [3.63, 3.8) is 0 Å². The Labute approximate surface area is 188 Å². The fourth-order valence-electron chi connectivity index (χ4n) is 2.97. The van der Waals surface area contributed by atoms with Crippen molar-refractivity contribution in [1.29, 1.82) is 0 Å². The summed E-state index contributed by atoms with van der Waals surface area (Å²) >= 11 is 7.37. The van der Waals surface area contributed by atoms with Gasteiger partial charge in [0.1, 0.15) is 11.8 Å². The number of nitrogens with zero attached hydrogens (tertiary/aromatic N) is 1. The predicted octanol–water partition coefficient (Wildman–Crippen LogP) is 4.77. The van der Waals surface area contributed by atoms with E-state index in [1.54, 1.807) is 24.1 Å². The first kappa shape index (κ1) is 24.1. The quantitative estimate of drug-likeness (QED) is 0.503. The van der Waals surface area contributed by atoms with Gasteiger partial charge in [-0.2, -0.15) is 0 Å². The van der Waals surface area contributed by atoms with Crippen LogP contribution in [-0.4, -0.2) is 42.2 Å². The molecule has 30 heavy (non-hydrogen) atoms. The number of methoxy groups -OCH3 is 1. The summed E-state index contributed by atoms with van der Waals surface area (Å²) in [5.41, 5.74) is 0.947. The number of hydrogen-bond donors (Lipinski definition) is 1. The highest BCUT2D eigenvalue weighted by Gasteiger charge is 2.28. The molecule has 2 rings (SSSR count). The number of ether oxygens (including phenoxy) is 1. The minimum absolute atomic E-state index is 0.0794. The third-order valence-electron chi connectivity index (χ3n) is 4.62. The Bertz CT molecular complexity index is 812. The van der Waals surface area contributed by atoms with Crippen LogP contribution in [-0.2, 0) is 16.1 Å². The Morgan fingerprint density at radius 2 is 1.77 bits per heavy atom. The number of carbonyl (C=O) groups is 2. The zero-order valence-corrected chi connectivity index (χ0v) is 19.3. The number of amides is 2. The molecule has 0 aliphatic rings. The lowest BCUT2D eigenvalue weighted by molar-refractivity contribution is -0.139. The average Bonchev–Trinajstić information content (AvgIpc) is 2.77. The Hall–Kier alpha value is -2.18. The maximum absolute atomic E-state index is 13.2. The molecule has 0 saturated heterocycles. The van der Waals surface area contributed by atoms with Crippen molar-refractivity contribution in [1.82, 2.24) is 10.2 Å². The normalized spacial score (nSPS) is 11.6. The average molecular weight is 449 g/mol. The molecule has 0 saturated carbocycles. The lowest BCUT2D eigenvalue weighted by atomic mass is 10.1. The van der Waals surface area contributed by atoms with Crippen molar-refractivity contribution in [2.75, 3.05) is 19.4 Å². The third kappa shape index (κ3) is 7.26. The molecular weight excluding hydrogens is 420 g/mol. The molecule has 0 radical (unpaired) electrons. The van der Waals surface area contributed by atoms with Crippen LogP contribution in [0.3, 0.4) is 0 Å². The lowest BCUT2D eigenvalue weighted by Crippen LogP contribution is -2.49. The summed E-state index contributed by atoms with van der Waals surface area (Å²) in [7, 11) is 1.62. The van der Waals surface area contributed by atoms with E-state index in [0.29, 0.717) is 24.5 Å². The van der Waals surface area contributed by atoms with E-state index < -0.39 is 6.04 Å². The minimum Gasteiger partial charge on any atom is -0.497 e. The summed E-state index contributed by atoms with van der Waals surface area (Å²) in [6.45, 7) is 4.89. The summed E-state index contributed by atoms with van der Waals surface area (Å²) in [4.78, 5) is 28.5. The maximum atomic E-state index is 13.2. The van der Waals surface area contributed by atoms with Gasteiger partial charge in [-0.25, -0.2) is 0 Å². The SMILES string of the molecule is CCCNC(=O)C(CC)N(Cc1ccc(OC)cc1)C(=O)CSc1ccc(Cl)cc1. The molecule has 2 amide bonds. The van der Waals surface area contributed by atoms with E-state index in [0.717, 1.165) is 22.6 Å². The zero-order chi connectivity index (χ0) is 21.9. The van der Waals surface area contributed by atoms with Crippen molar-refractivity contribution < 1.29 is 14.3 Å². The minimum atomic E-state index is -0.517. The molecule has 1 unspecified atom stereocenters. The molecule has 0 spiro atoms. The monoisotopic (exact) mass is 448 g/mol. The van der Waals surface area contributed by atoms with Gasteiger partial charge in [-0.05, 0) is 54.8 Å². The Morgan fingerprint density at radius 1 is 1.10 bits per heavy atom. The highest BCUT2D eigenvalue weighted by Crippen LogP contribution is 2.22. The van der Waals surface area contributed by atoms with Crippen molar-refractivity contribution in [2.45, 2.75) is 44.2 Å². The highest BCUT2D eigenvalue weighted by atomic mass is 35.5. The van der Waals surface area contributed by atoms with Gasteiger partial charge in [-0.15, -0.1) is 11.8 Å². The molecule has 5 nitrogen and oxygen atoms in total. The number of rotatable bonds is 11. The molecule has 0 fully saturated rings. The molecule has 1 atom stereocenters. The van der Waals surface area contributed by atoms with Crippen LogP contribution in [0.4, 0.5) is 0 Å². The molecule has 0 heterocycles. The van der Waals surface area contributed by atoms with Crippen molar-refractivity contribution in [3.05, 3.63) is 59.1 Å². The summed E-state index contributed by atoms with van der Waals surface area (Å²) < 4.78 is 5.21. The molecule has 2 aromatic rings. The number of halogens is 1. The van der Waals surface area contributed by atoms with Crippen LogP contribution in [0.15, 0.2) is 53.4 Å². The molecular formula is C23H29ClN2O3S. The predicted molar refractivity (Wildman–Crippen MR) is 123 cm³/mol. The van der Waals surface area contributed by atoms with Crippen LogP contribution in [0.25, 0.3) is 0 Å². The van der Waals surface area contributed by atoms with Crippen LogP contribution in [0.2, 0.25) is 5.02 Å². The van der Waals surface area contributed by atoms with E-state index in [1.165, 1.54) is 11.8 Å². The summed E-state index contributed by atoms with van der Waals surface area (Å²) in [5, 5.41) is 3.59. The zero-order valence-electron chi connectivity index (χ0n) is 17.7. The second kappa shape index (κ2) is 12.5. The fourth-order valence-corrected chi connectivity index (χ4v) is 3.88. The van der Waals surface area contributed by atoms with Gasteiger partial charge < -0.3 is 15.0 Å². The molecule has 2 aromatic carbocycles. The number of thioether (sulfide) groups is 1. The van der Waals surface area contributed by atoms with Crippen LogP contribution < -0.4 is 10.1 Å². The van der Waals surface area contributed by atoms with Gasteiger partial charge in [0.05, 0.1) is 12.9 Å². The van der Waals surface area contributed by atoms with Gasteiger partial charge in [0, 0.05) is 23.0 Å². The fraction of sp³-hybridized carbons (Fsp3) is 0.391. The number of hydrogen-bond acceptors (Lipinski definition) is 4. The second-order valence-corrected chi connectivity index (χ2v) is 8.31. The van der Waals surface area contributed by atoms with E-state index in [2.05, 4.69) is 5.32 Å². The third-order valence-corrected chi connectivity index (χ3v) is 5.87. The summed E-state index contributed by atoms with van der Waals surface area (Å²) in [6, 6.07) is 14.4. The van der Waals surface area contributed by atoms with Gasteiger partial charge in [-0.3, -0.25) is 9.59 Å². The van der Waals surface area contributed by atoms with Crippen molar-refractivity contribution in [3.8, 4) is 5.75 Å². The molecule has 1 N–H and O–H groups in total. The number of benzene rings is 2. The first-order valence-electron chi connectivity index (χ1n) is 10.1. The van der Waals surface area contributed by atoms with Crippen molar-refractivity contribution >= 4 is 35.2 Å². The maximum Gasteiger partial charge on any atom is 0.242 e. The largest absolute Gasteiger partial charge is 0.497 e. The first-order valence-corrected chi connectivity index (χ1v) is 11.4. The lowest BCUT2D eigenvalue weighted by Gasteiger charge is -2.30. The molecule has 7 heteroatoms. The van der Waals surface area contributed by atoms with E-state index >= 15 is 0 Å². The van der Waals surface area contributed by atoms with E-state index in [-0.39, 0.29) is 17.6 Å². The molecule has 0 bridgehead atoms. The number of carbonyl (C=O) groups excluding carboxylic acids is 2. The Kier molecular flexibility index (Phi) is 10.0. The smallest absolute Gasteiger partial charge is 0.242 e. The molecule has 0 aromatic heterocycles. The van der Waals surface area contributed by atoms with Crippen LogP contribution in [0, 0.1) is 0 Å². The van der Waals surface area contributed by atoms with Gasteiger partial charge >= 0.3 is 0 Å². The highest BCUT2D eigenvalue weighted by molar-refractivity contribution is 8.00. The standard InChI is InChI=1S/C23H29ClN2O3S/c1-4-14-25-23(28)21(5-2)26(15-17-6-10-19(29-3)11-7-17)22(27)16-30-20-12-8-18(24)9-13-20/h6-13,21H,4-5,14-16H2,1-3H3,(H,25,28). The van der Waals surface area contributed by atoms with E-state index in [1.807, 2.05) is 50.2 Å². The topological polar surface area (TPSA) is 58.6 Å². The van der Waals surface area contributed by atoms with Gasteiger partial charge in [0.25, 0.3) is 0 Å². The molecule has 0 aliphatic heterocycles. The van der Waals surface area contributed by atoms with Gasteiger partial charge in [-0.1, -0.05) is 37.6 Å². The second-order valence-electron chi connectivity index (χ2n) is 6.83. The van der Waals surface area contributed by atoms with Crippen LogP contribution >= 0.6 is 23.4 Å². The van der Waals surface area contributed by atoms with Crippen LogP contribution in [0.1, 0.15) is 32.3 Å².